The lowest BCUT2D eigenvalue weighted by molar-refractivity contribution is 0.563. The number of benzene rings is 2. The van der Waals surface area contributed by atoms with Crippen molar-refractivity contribution in [2.24, 2.45) is 0 Å². The third-order valence-electron chi connectivity index (χ3n) is 2.43. The van der Waals surface area contributed by atoms with E-state index >= 15 is 0 Å². The lowest BCUT2D eigenvalue weighted by atomic mass is 10.0. The van der Waals surface area contributed by atoms with Crippen molar-refractivity contribution in [3.05, 3.63) is 59.9 Å². The highest BCUT2D eigenvalue weighted by atomic mass is 32.2. The van der Waals surface area contributed by atoms with Crippen molar-refractivity contribution in [3.63, 3.8) is 0 Å². The maximum absolute atomic E-state index is 13.5. The molecule has 88 valence electrons. The maximum atomic E-state index is 13.5. The third kappa shape index (κ3) is 2.99. The molecular weight excluding hydrogens is 239 g/mol. The second-order valence-corrected chi connectivity index (χ2v) is 4.57. The van der Waals surface area contributed by atoms with Crippen molar-refractivity contribution >= 4 is 11.1 Å². The van der Waals surface area contributed by atoms with E-state index in [4.69, 9.17) is 4.55 Å². The summed E-state index contributed by atoms with van der Waals surface area (Å²) in [7, 11) is 0. The van der Waals surface area contributed by atoms with E-state index in [1.54, 1.807) is 42.5 Å². The van der Waals surface area contributed by atoms with Crippen LogP contribution in [-0.4, -0.2) is 8.76 Å². The average molecular weight is 250 g/mol. The number of rotatable bonds is 3. The number of halogens is 1. The quantitative estimate of drug-likeness (QED) is 0.849. The minimum Gasteiger partial charge on any atom is -0.306 e. The molecule has 0 aliphatic heterocycles. The Morgan fingerprint density at radius 2 is 1.71 bits per heavy atom. The normalized spacial score (nSPS) is 12.4. The molecule has 1 N–H and O–H groups in total. The second-order valence-electron chi connectivity index (χ2n) is 3.64. The summed E-state index contributed by atoms with van der Waals surface area (Å²) in [5, 5.41) is 0. The van der Waals surface area contributed by atoms with E-state index in [9.17, 15) is 8.60 Å². The van der Waals surface area contributed by atoms with Gasteiger partial charge in [0.2, 0.25) is 0 Å². The molecule has 0 aromatic heterocycles. The van der Waals surface area contributed by atoms with E-state index in [0.717, 1.165) is 11.1 Å². The van der Waals surface area contributed by atoms with Crippen molar-refractivity contribution in [3.8, 4) is 11.1 Å². The molecule has 2 nitrogen and oxygen atoms in total. The molecule has 0 aliphatic rings. The molecule has 17 heavy (non-hydrogen) atoms. The van der Waals surface area contributed by atoms with Crippen LogP contribution in [0.5, 0.6) is 0 Å². The molecule has 1 unspecified atom stereocenters. The van der Waals surface area contributed by atoms with Crippen LogP contribution in [0.15, 0.2) is 48.5 Å². The van der Waals surface area contributed by atoms with Crippen molar-refractivity contribution in [2.45, 2.75) is 5.75 Å². The SMILES string of the molecule is O=S(O)Cc1ccc(-c2ccccc2F)cc1. The molecule has 0 saturated heterocycles. The molecule has 4 heteroatoms. The molecule has 2 rings (SSSR count). The van der Waals surface area contributed by atoms with E-state index in [1.165, 1.54) is 6.07 Å². The van der Waals surface area contributed by atoms with Gasteiger partial charge in [0.05, 0.1) is 5.75 Å². The molecule has 2 aromatic carbocycles. The van der Waals surface area contributed by atoms with E-state index < -0.39 is 11.1 Å². The van der Waals surface area contributed by atoms with Crippen LogP contribution < -0.4 is 0 Å². The zero-order chi connectivity index (χ0) is 12.3. The van der Waals surface area contributed by atoms with Gasteiger partial charge in [0.15, 0.2) is 11.1 Å². The molecule has 1 atom stereocenters. The average Bonchev–Trinajstić information content (AvgIpc) is 2.30. The van der Waals surface area contributed by atoms with Crippen LogP contribution in [0.4, 0.5) is 4.39 Å². The molecule has 0 heterocycles. The van der Waals surface area contributed by atoms with Gasteiger partial charge in [-0.2, -0.15) is 0 Å². The highest BCUT2D eigenvalue weighted by Crippen LogP contribution is 2.22. The van der Waals surface area contributed by atoms with Gasteiger partial charge in [0.25, 0.3) is 0 Å². The summed E-state index contributed by atoms with van der Waals surface area (Å²) in [4.78, 5) is 0. The van der Waals surface area contributed by atoms with Crippen LogP contribution in [0.1, 0.15) is 5.56 Å². The summed E-state index contributed by atoms with van der Waals surface area (Å²) in [6.45, 7) is 0. The summed E-state index contributed by atoms with van der Waals surface area (Å²) in [5.41, 5.74) is 2.05. The number of hydrogen-bond acceptors (Lipinski definition) is 1. The van der Waals surface area contributed by atoms with Crippen LogP contribution in [0.25, 0.3) is 11.1 Å². The summed E-state index contributed by atoms with van der Waals surface area (Å²) < 4.78 is 32.9. The van der Waals surface area contributed by atoms with Gasteiger partial charge < -0.3 is 4.55 Å². The summed E-state index contributed by atoms with van der Waals surface area (Å²) in [6, 6.07) is 13.5. The summed E-state index contributed by atoms with van der Waals surface area (Å²) in [5.74, 6) is -0.177. The first-order chi connectivity index (χ1) is 8.16. The fourth-order valence-corrected chi connectivity index (χ4v) is 2.10. The first kappa shape index (κ1) is 12.0. The van der Waals surface area contributed by atoms with Crippen LogP contribution in [-0.2, 0) is 16.8 Å². The molecule has 2 aromatic rings. The van der Waals surface area contributed by atoms with Crippen LogP contribution >= 0.6 is 0 Å². The van der Waals surface area contributed by atoms with Gasteiger partial charge >= 0.3 is 0 Å². The monoisotopic (exact) mass is 250 g/mol. The molecule has 0 radical (unpaired) electrons. The largest absolute Gasteiger partial charge is 0.306 e. The Labute approximate surface area is 101 Å². The van der Waals surface area contributed by atoms with Crippen molar-refractivity contribution in [1.29, 1.82) is 0 Å². The molecule has 0 saturated carbocycles. The molecule has 0 fully saturated rings. The minimum absolute atomic E-state index is 0.0948. The molecule has 0 amide bonds. The zero-order valence-electron chi connectivity index (χ0n) is 8.97. The first-order valence-corrected chi connectivity index (χ1v) is 6.36. The molecule has 0 bridgehead atoms. The van der Waals surface area contributed by atoms with E-state index in [-0.39, 0.29) is 11.6 Å². The fourth-order valence-electron chi connectivity index (χ4n) is 1.62. The van der Waals surface area contributed by atoms with Crippen LogP contribution in [0.2, 0.25) is 0 Å². The minimum atomic E-state index is -1.85. The van der Waals surface area contributed by atoms with E-state index in [1.807, 2.05) is 0 Å². The van der Waals surface area contributed by atoms with Gasteiger partial charge in [-0.3, -0.25) is 0 Å². The van der Waals surface area contributed by atoms with Crippen molar-refractivity contribution < 1.29 is 13.2 Å². The van der Waals surface area contributed by atoms with Crippen molar-refractivity contribution in [1.82, 2.24) is 0 Å². The topological polar surface area (TPSA) is 37.3 Å². The Kier molecular flexibility index (Phi) is 3.66. The van der Waals surface area contributed by atoms with Gasteiger partial charge in [-0.15, -0.1) is 0 Å². The Balaban J connectivity index is 2.30. The van der Waals surface area contributed by atoms with E-state index in [0.29, 0.717) is 5.56 Å². The summed E-state index contributed by atoms with van der Waals surface area (Å²) >= 11 is -1.85. The lowest BCUT2D eigenvalue weighted by Crippen LogP contribution is -1.92. The molecule has 0 aliphatic carbocycles. The smallest absolute Gasteiger partial charge is 0.157 e. The predicted molar refractivity (Wildman–Crippen MR) is 66.3 cm³/mol. The standard InChI is InChI=1S/C13H11FO2S/c14-13-4-2-1-3-12(13)11-7-5-10(6-8-11)9-17(15)16/h1-8H,9H2,(H,15,16). The fraction of sp³-hybridized carbons (Fsp3) is 0.0769. The third-order valence-corrected chi connectivity index (χ3v) is 3.01. The Bertz CT molecular complexity index is 537. The van der Waals surface area contributed by atoms with E-state index in [2.05, 4.69) is 0 Å². The van der Waals surface area contributed by atoms with Crippen LogP contribution in [0.3, 0.4) is 0 Å². The number of hydrogen-bond donors (Lipinski definition) is 1. The first-order valence-electron chi connectivity index (χ1n) is 5.08. The summed E-state index contributed by atoms with van der Waals surface area (Å²) in [6.07, 6.45) is 0. The van der Waals surface area contributed by atoms with Gasteiger partial charge in [0.1, 0.15) is 5.82 Å². The lowest BCUT2D eigenvalue weighted by Gasteiger charge is -2.04. The Hall–Kier alpha value is -1.52. The highest BCUT2D eigenvalue weighted by molar-refractivity contribution is 7.78. The molecule has 0 spiro atoms. The van der Waals surface area contributed by atoms with Crippen LogP contribution in [0, 0.1) is 5.82 Å². The predicted octanol–water partition coefficient (Wildman–Crippen LogP) is 3.21. The van der Waals surface area contributed by atoms with Gasteiger partial charge in [0, 0.05) is 5.56 Å². The van der Waals surface area contributed by atoms with Gasteiger partial charge in [-0.05, 0) is 17.2 Å². The van der Waals surface area contributed by atoms with Gasteiger partial charge in [-0.1, -0.05) is 42.5 Å². The zero-order valence-corrected chi connectivity index (χ0v) is 9.78. The molecular formula is C13H11FO2S. The second kappa shape index (κ2) is 5.21. The maximum Gasteiger partial charge on any atom is 0.157 e. The van der Waals surface area contributed by atoms with Gasteiger partial charge in [-0.25, -0.2) is 8.60 Å². The van der Waals surface area contributed by atoms with Crippen molar-refractivity contribution in [2.75, 3.05) is 0 Å². The Morgan fingerprint density at radius 3 is 2.29 bits per heavy atom. The Morgan fingerprint density at radius 1 is 1.06 bits per heavy atom. The highest BCUT2D eigenvalue weighted by Gasteiger charge is 2.04.